The van der Waals surface area contributed by atoms with Crippen molar-refractivity contribution in [3.63, 3.8) is 0 Å². The van der Waals surface area contributed by atoms with Gasteiger partial charge in [-0.15, -0.1) is 0 Å². The zero-order valence-corrected chi connectivity index (χ0v) is 12.0. The Bertz CT molecular complexity index is 403. The van der Waals surface area contributed by atoms with E-state index in [1.54, 1.807) is 6.07 Å². The zero-order valence-electron chi connectivity index (χ0n) is 7.80. The number of halogens is 1. The quantitative estimate of drug-likeness (QED) is 0.636. The summed E-state index contributed by atoms with van der Waals surface area (Å²) in [6.07, 6.45) is 0.218. The molecular formula is C9H9FGaNOS2. The third-order valence-corrected chi connectivity index (χ3v) is 7.96. The number of carbonyl (C=O) groups excluding carboxylic acids is 1. The third kappa shape index (κ3) is 2.14. The molecule has 0 N–H and O–H groups in total. The Balaban J connectivity index is 2.37. The van der Waals surface area contributed by atoms with Crippen LogP contribution in [0.25, 0.3) is 0 Å². The molecule has 1 atom stereocenters. The second-order valence-electron chi connectivity index (χ2n) is 3.46. The molecule has 0 saturated heterocycles. The monoisotopic (exact) mass is 299 g/mol. The second-order valence-corrected chi connectivity index (χ2v) is 9.21. The second kappa shape index (κ2) is 4.54. The van der Waals surface area contributed by atoms with E-state index in [4.69, 9.17) is 0 Å². The molecule has 1 unspecified atom stereocenters. The first-order valence-corrected chi connectivity index (χ1v) is 8.59. The van der Waals surface area contributed by atoms with Gasteiger partial charge in [-0.25, -0.2) is 0 Å². The van der Waals surface area contributed by atoms with Gasteiger partial charge >= 0.3 is 105 Å². The Morgan fingerprint density at radius 1 is 1.53 bits per heavy atom. The van der Waals surface area contributed by atoms with E-state index in [0.29, 0.717) is 0 Å². The van der Waals surface area contributed by atoms with Gasteiger partial charge in [-0.05, 0) is 0 Å². The van der Waals surface area contributed by atoms with Crippen LogP contribution in [0.4, 0.5) is 3.29 Å². The van der Waals surface area contributed by atoms with E-state index >= 15 is 0 Å². The first-order valence-electron chi connectivity index (χ1n) is 4.53. The van der Waals surface area contributed by atoms with Crippen molar-refractivity contribution in [3.8, 4) is 0 Å². The zero-order chi connectivity index (χ0) is 11.0. The van der Waals surface area contributed by atoms with Gasteiger partial charge in [0.05, 0.1) is 0 Å². The molecule has 0 aromatic heterocycles. The van der Waals surface area contributed by atoms with Gasteiger partial charge in [-0.2, -0.15) is 0 Å². The number of thiol groups is 2. The van der Waals surface area contributed by atoms with Crippen molar-refractivity contribution in [2.45, 2.75) is 12.5 Å². The summed E-state index contributed by atoms with van der Waals surface area (Å²) in [4.78, 5) is 11.0. The molecule has 1 aliphatic heterocycles. The van der Waals surface area contributed by atoms with Crippen LogP contribution in [0, 0.1) is 0 Å². The molecule has 0 fully saturated rings. The van der Waals surface area contributed by atoms with Crippen LogP contribution in [0.1, 0.15) is 18.0 Å². The number of hydrogen-bond donors (Lipinski definition) is 2. The maximum absolute atomic E-state index is 13.9. The van der Waals surface area contributed by atoms with Crippen molar-refractivity contribution >= 4 is 51.6 Å². The SMILES string of the molecule is O=C(S)CC1c2cccc[c]2[Ga]([F])[N]1S. The van der Waals surface area contributed by atoms with Crippen molar-refractivity contribution < 1.29 is 8.08 Å². The Kier molecular flexibility index (Phi) is 3.51. The van der Waals surface area contributed by atoms with Gasteiger partial charge in [0.25, 0.3) is 0 Å². The van der Waals surface area contributed by atoms with Crippen molar-refractivity contribution in [2.75, 3.05) is 0 Å². The molecular weight excluding hydrogens is 291 g/mol. The number of hydrogen-bond acceptors (Lipinski definition) is 3. The molecule has 0 aliphatic carbocycles. The molecule has 0 radical (unpaired) electrons. The number of carbonyl (C=O) groups is 1. The van der Waals surface area contributed by atoms with Gasteiger partial charge in [-0.1, -0.05) is 0 Å². The van der Waals surface area contributed by atoms with Crippen LogP contribution >= 0.6 is 25.4 Å². The van der Waals surface area contributed by atoms with Crippen molar-refractivity contribution in [1.29, 1.82) is 0 Å². The number of nitrogens with zero attached hydrogens (tertiary/aromatic N) is 1. The average Bonchev–Trinajstić information content (AvgIpc) is 2.44. The van der Waals surface area contributed by atoms with Crippen LogP contribution in [0.5, 0.6) is 0 Å². The summed E-state index contributed by atoms with van der Waals surface area (Å²) in [6, 6.07) is 7.11. The fourth-order valence-corrected chi connectivity index (χ4v) is 6.44. The van der Waals surface area contributed by atoms with E-state index in [2.05, 4.69) is 25.4 Å². The summed E-state index contributed by atoms with van der Waals surface area (Å²) >= 11 is 4.76. The molecule has 0 saturated carbocycles. The summed E-state index contributed by atoms with van der Waals surface area (Å²) < 4.78 is 16.1. The molecule has 2 rings (SSSR count). The summed E-state index contributed by atoms with van der Waals surface area (Å²) in [5.74, 6) is 0. The van der Waals surface area contributed by atoms with Crippen LogP contribution < -0.4 is 4.12 Å². The van der Waals surface area contributed by atoms with E-state index in [9.17, 15) is 8.08 Å². The molecule has 0 amide bonds. The van der Waals surface area contributed by atoms with E-state index in [1.165, 1.54) is 3.01 Å². The Labute approximate surface area is 105 Å². The molecule has 1 heterocycles. The minimum absolute atomic E-state index is 0.218. The van der Waals surface area contributed by atoms with Gasteiger partial charge in [-0.3, -0.25) is 0 Å². The van der Waals surface area contributed by atoms with E-state index in [1.807, 2.05) is 18.2 Å². The van der Waals surface area contributed by atoms with Crippen LogP contribution in [0.2, 0.25) is 0 Å². The third-order valence-electron chi connectivity index (χ3n) is 2.53. The molecule has 6 heteroatoms. The predicted molar refractivity (Wildman–Crippen MR) is 65.1 cm³/mol. The van der Waals surface area contributed by atoms with Gasteiger partial charge in [0.2, 0.25) is 0 Å². The molecule has 15 heavy (non-hydrogen) atoms. The molecule has 1 aliphatic rings. The fourth-order valence-electron chi connectivity index (χ4n) is 1.84. The van der Waals surface area contributed by atoms with Crippen LogP contribution in [-0.2, 0) is 4.79 Å². The molecule has 1 aromatic carbocycles. The Hall–Kier alpha value is 0.116. The van der Waals surface area contributed by atoms with E-state index < -0.39 is 17.0 Å². The summed E-state index contributed by atoms with van der Waals surface area (Å²) in [7, 11) is 0. The average molecular weight is 300 g/mol. The Morgan fingerprint density at radius 2 is 2.20 bits per heavy atom. The molecule has 2 nitrogen and oxygen atoms in total. The molecule has 1 aromatic rings. The van der Waals surface area contributed by atoms with Crippen LogP contribution in [0.15, 0.2) is 24.3 Å². The fraction of sp³-hybridized carbons (Fsp3) is 0.222. The predicted octanol–water partition coefficient (Wildman–Crippen LogP) is 1.40. The van der Waals surface area contributed by atoms with Crippen LogP contribution in [0.3, 0.4) is 0 Å². The van der Waals surface area contributed by atoms with E-state index in [0.717, 1.165) is 9.68 Å². The van der Waals surface area contributed by atoms with Crippen molar-refractivity contribution in [3.05, 3.63) is 29.8 Å². The first-order chi connectivity index (χ1) is 7.11. The number of fused-ring (bicyclic) bond motifs is 1. The first kappa shape index (κ1) is 11.6. The Morgan fingerprint density at radius 3 is 2.87 bits per heavy atom. The van der Waals surface area contributed by atoms with E-state index in [-0.39, 0.29) is 17.6 Å². The maximum atomic E-state index is 13.9. The summed E-state index contributed by atoms with van der Waals surface area (Å²) in [5, 5.41) is -0.231. The summed E-state index contributed by atoms with van der Waals surface area (Å²) in [6.45, 7) is 0. The van der Waals surface area contributed by atoms with Crippen molar-refractivity contribution in [2.24, 2.45) is 0 Å². The van der Waals surface area contributed by atoms with Crippen molar-refractivity contribution in [1.82, 2.24) is 3.01 Å². The van der Waals surface area contributed by atoms with Crippen LogP contribution in [-0.4, -0.2) is 25.1 Å². The topological polar surface area (TPSA) is 20.3 Å². The van der Waals surface area contributed by atoms with Gasteiger partial charge < -0.3 is 0 Å². The number of benzene rings is 1. The molecule has 0 spiro atoms. The van der Waals surface area contributed by atoms with Gasteiger partial charge in [0, 0.05) is 0 Å². The standard InChI is InChI=1S/C9H9NOS2.FH.Ga/c11-9(12)6-8(10-13)7-4-2-1-3-5-7;;/h1-4,8,13H,6H2,(H,11,12);1H;/q-1;;+2/p-1. The molecule has 78 valence electrons. The minimum atomic E-state index is -3.14. The molecule has 0 bridgehead atoms. The summed E-state index contributed by atoms with van der Waals surface area (Å²) in [5.41, 5.74) is 0.905. The van der Waals surface area contributed by atoms with Gasteiger partial charge in [0.15, 0.2) is 0 Å². The number of rotatable bonds is 2. The van der Waals surface area contributed by atoms with Gasteiger partial charge in [0.1, 0.15) is 0 Å². The normalized spacial score (nSPS) is 20.5.